The van der Waals surface area contributed by atoms with Gasteiger partial charge in [-0.2, -0.15) is 10.5 Å². The third-order valence-electron chi connectivity index (χ3n) is 2.25. The average Bonchev–Trinajstić information content (AvgIpc) is 2.36. The molecule has 19 heavy (non-hydrogen) atoms. The zero-order valence-electron chi connectivity index (χ0n) is 9.88. The number of nitrogens with zero attached hydrogens (tertiary/aromatic N) is 3. The van der Waals surface area contributed by atoms with Gasteiger partial charge in [0.25, 0.3) is 0 Å². The van der Waals surface area contributed by atoms with Gasteiger partial charge in [-0.05, 0) is 39.7 Å². The Hall–Kier alpha value is -2.31. The molecule has 6 heteroatoms. The van der Waals surface area contributed by atoms with Crippen LogP contribution in [0.3, 0.4) is 0 Å². The lowest BCUT2D eigenvalue weighted by molar-refractivity contribution is -0.131. The summed E-state index contributed by atoms with van der Waals surface area (Å²) in [5, 5.41) is 26.0. The largest absolute Gasteiger partial charge is 0.478 e. The lowest BCUT2D eigenvalue weighted by Gasteiger charge is -2.19. The number of carboxylic acids is 1. The summed E-state index contributed by atoms with van der Waals surface area (Å²) < 4.78 is 0.700. The smallest absolute Gasteiger partial charge is 0.328 e. The molecule has 0 amide bonds. The van der Waals surface area contributed by atoms with E-state index in [1.54, 1.807) is 23.1 Å². The number of nitriles is 2. The van der Waals surface area contributed by atoms with Gasteiger partial charge in [0.15, 0.2) is 0 Å². The maximum Gasteiger partial charge on any atom is 0.328 e. The van der Waals surface area contributed by atoms with Crippen molar-refractivity contribution in [2.75, 3.05) is 18.0 Å². The van der Waals surface area contributed by atoms with Gasteiger partial charge in [-0.15, -0.1) is 0 Å². The maximum absolute atomic E-state index is 10.4. The van der Waals surface area contributed by atoms with Gasteiger partial charge in [-0.25, -0.2) is 4.79 Å². The van der Waals surface area contributed by atoms with E-state index in [0.29, 0.717) is 10.0 Å². The second-order valence-electron chi connectivity index (χ2n) is 3.55. The molecular weight excluding hydrogens is 310 g/mol. The molecule has 1 N–H and O–H groups in total. The lowest BCUT2D eigenvalue weighted by atomic mass is 10.2. The quantitative estimate of drug-likeness (QED) is 0.665. The van der Waals surface area contributed by atoms with E-state index >= 15 is 0 Å². The van der Waals surface area contributed by atoms with Crippen LogP contribution in [-0.4, -0.2) is 24.2 Å². The summed E-state index contributed by atoms with van der Waals surface area (Å²) >= 11 is 3.35. The van der Waals surface area contributed by atoms with Crippen molar-refractivity contribution in [3.05, 3.63) is 34.3 Å². The summed E-state index contributed by atoms with van der Waals surface area (Å²) in [5.41, 5.74) is 1.43. The van der Waals surface area contributed by atoms with Crippen molar-refractivity contribution >= 4 is 33.7 Å². The highest BCUT2D eigenvalue weighted by Gasteiger charge is 2.09. The molecule has 1 rings (SSSR count). The van der Waals surface area contributed by atoms with Crippen LogP contribution in [-0.2, 0) is 4.79 Å². The van der Waals surface area contributed by atoms with Crippen LogP contribution in [0.25, 0.3) is 6.08 Å². The fraction of sp³-hybridized carbons (Fsp3) is 0.154. The summed E-state index contributed by atoms with van der Waals surface area (Å²) in [6.07, 6.45) is 2.51. The molecule has 0 spiro atoms. The molecule has 0 aliphatic heterocycles. The van der Waals surface area contributed by atoms with Crippen molar-refractivity contribution in [1.82, 2.24) is 0 Å². The Morgan fingerprint density at radius 3 is 2.47 bits per heavy atom. The first kappa shape index (κ1) is 14.7. The molecule has 0 aliphatic carbocycles. The van der Waals surface area contributed by atoms with Crippen molar-refractivity contribution in [2.24, 2.45) is 0 Å². The monoisotopic (exact) mass is 319 g/mol. The molecular formula is C13H10BrN3O2. The molecule has 0 saturated heterocycles. The van der Waals surface area contributed by atoms with E-state index in [1.807, 2.05) is 12.1 Å². The van der Waals surface area contributed by atoms with Gasteiger partial charge in [-0.1, -0.05) is 6.07 Å². The molecule has 0 unspecified atom stereocenters. The molecule has 0 atom stereocenters. The number of anilines is 1. The molecule has 5 nitrogen and oxygen atoms in total. The van der Waals surface area contributed by atoms with Crippen molar-refractivity contribution in [3.63, 3.8) is 0 Å². The van der Waals surface area contributed by atoms with E-state index in [2.05, 4.69) is 15.9 Å². The SMILES string of the molecule is N#CCN(CC#N)c1ccc(/C=C/C(=O)O)cc1Br. The lowest BCUT2D eigenvalue weighted by Crippen LogP contribution is -2.24. The highest BCUT2D eigenvalue weighted by Crippen LogP contribution is 2.27. The predicted molar refractivity (Wildman–Crippen MR) is 74.3 cm³/mol. The van der Waals surface area contributed by atoms with Crippen molar-refractivity contribution in [1.29, 1.82) is 10.5 Å². The van der Waals surface area contributed by atoms with E-state index < -0.39 is 5.97 Å². The van der Waals surface area contributed by atoms with E-state index in [4.69, 9.17) is 15.6 Å². The topological polar surface area (TPSA) is 88.1 Å². The highest BCUT2D eigenvalue weighted by molar-refractivity contribution is 9.10. The number of aliphatic carboxylic acids is 1. The normalized spacial score (nSPS) is 9.84. The molecule has 0 fully saturated rings. The molecule has 0 aliphatic rings. The number of hydrogen-bond acceptors (Lipinski definition) is 4. The van der Waals surface area contributed by atoms with Gasteiger partial charge in [0.05, 0.1) is 17.8 Å². The predicted octanol–water partition coefficient (Wildman–Crippen LogP) is 2.40. The summed E-state index contributed by atoms with van der Waals surface area (Å²) in [4.78, 5) is 12.0. The molecule has 0 saturated carbocycles. The van der Waals surface area contributed by atoms with Crippen LogP contribution < -0.4 is 4.90 Å². The van der Waals surface area contributed by atoms with Crippen LogP contribution in [0.1, 0.15) is 5.56 Å². The van der Waals surface area contributed by atoms with Crippen molar-refractivity contribution < 1.29 is 9.90 Å². The van der Waals surface area contributed by atoms with Gasteiger partial charge in [0, 0.05) is 10.5 Å². The van der Waals surface area contributed by atoms with Crippen molar-refractivity contribution in [2.45, 2.75) is 0 Å². The Labute approximate surface area is 119 Å². The van der Waals surface area contributed by atoms with Crippen LogP contribution in [0.2, 0.25) is 0 Å². The van der Waals surface area contributed by atoms with Crippen LogP contribution in [0.15, 0.2) is 28.7 Å². The van der Waals surface area contributed by atoms with Crippen molar-refractivity contribution in [3.8, 4) is 12.1 Å². The summed E-state index contributed by atoms with van der Waals surface area (Å²) in [6.45, 7) is 0.215. The number of hydrogen-bond donors (Lipinski definition) is 1. The average molecular weight is 320 g/mol. The minimum Gasteiger partial charge on any atom is -0.478 e. The zero-order valence-corrected chi connectivity index (χ0v) is 11.5. The molecule has 0 aromatic heterocycles. The summed E-state index contributed by atoms with van der Waals surface area (Å²) in [7, 11) is 0. The van der Waals surface area contributed by atoms with Gasteiger partial charge in [-0.3, -0.25) is 0 Å². The molecule has 96 valence electrons. The van der Waals surface area contributed by atoms with Gasteiger partial charge < -0.3 is 10.0 Å². The maximum atomic E-state index is 10.4. The zero-order chi connectivity index (χ0) is 14.3. The van der Waals surface area contributed by atoms with Crippen LogP contribution in [0.4, 0.5) is 5.69 Å². The number of carbonyl (C=O) groups is 1. The Morgan fingerprint density at radius 2 is 2.00 bits per heavy atom. The van der Waals surface area contributed by atoms with Gasteiger partial charge >= 0.3 is 5.97 Å². The van der Waals surface area contributed by atoms with Gasteiger partial charge in [0.2, 0.25) is 0 Å². The first-order valence-corrected chi connectivity index (χ1v) is 6.07. The Morgan fingerprint density at radius 1 is 1.37 bits per heavy atom. The van der Waals surface area contributed by atoms with Gasteiger partial charge in [0.1, 0.15) is 13.1 Å². The highest BCUT2D eigenvalue weighted by atomic mass is 79.9. The molecule has 0 bridgehead atoms. The Kier molecular flexibility index (Phi) is 5.59. The second-order valence-corrected chi connectivity index (χ2v) is 4.41. The van der Waals surface area contributed by atoms with E-state index in [-0.39, 0.29) is 13.1 Å². The Balaban J connectivity index is 3.02. The van der Waals surface area contributed by atoms with E-state index in [9.17, 15) is 4.79 Å². The fourth-order valence-corrected chi connectivity index (χ4v) is 2.10. The van der Waals surface area contributed by atoms with Crippen LogP contribution in [0.5, 0.6) is 0 Å². The van der Waals surface area contributed by atoms with E-state index in [1.165, 1.54) is 6.08 Å². The molecule has 0 radical (unpaired) electrons. The number of carboxylic acid groups (broad SMARTS) is 1. The third kappa shape index (κ3) is 4.46. The number of benzene rings is 1. The first-order chi connectivity index (χ1) is 9.08. The minimum absolute atomic E-state index is 0.108. The van der Waals surface area contributed by atoms with E-state index in [0.717, 1.165) is 11.8 Å². The first-order valence-electron chi connectivity index (χ1n) is 5.28. The summed E-state index contributed by atoms with van der Waals surface area (Å²) in [6, 6.07) is 9.18. The number of rotatable bonds is 5. The minimum atomic E-state index is -1.02. The fourth-order valence-electron chi connectivity index (χ4n) is 1.45. The Bertz CT molecular complexity index is 569. The molecule has 0 heterocycles. The van der Waals surface area contributed by atoms with Crippen LogP contribution >= 0.6 is 15.9 Å². The third-order valence-corrected chi connectivity index (χ3v) is 2.89. The van der Waals surface area contributed by atoms with Crippen LogP contribution in [0, 0.1) is 22.7 Å². The second kappa shape index (κ2) is 7.20. The standard InChI is InChI=1S/C13H10BrN3O2/c14-11-9-10(2-4-13(18)19)1-3-12(11)17(7-5-15)8-6-16/h1-4,9H,7-8H2,(H,18,19)/b4-2+. The number of halogens is 1. The molecule has 1 aromatic rings. The summed E-state index contributed by atoms with van der Waals surface area (Å²) in [5.74, 6) is -1.02. The molecule has 1 aromatic carbocycles.